The molecular formula is C19H22N4O2. The van der Waals surface area contributed by atoms with Gasteiger partial charge in [0.15, 0.2) is 5.82 Å². The lowest BCUT2D eigenvalue weighted by Crippen LogP contribution is -2.31. The summed E-state index contributed by atoms with van der Waals surface area (Å²) in [5, 5.41) is 5.17. The Balaban J connectivity index is 1.66. The summed E-state index contributed by atoms with van der Waals surface area (Å²) in [5.74, 6) is 1.23. The number of hydrogen-bond donors (Lipinski definition) is 1. The molecule has 130 valence electrons. The second kappa shape index (κ2) is 6.02. The number of aryl methyl sites for hydroxylation is 3. The number of carbonyl (C=O) groups excluding carboxylic acids is 1. The SMILES string of the molecule is CCc1nc([C@H]2CCCN2C(=O)c2cc3c(C)cc(C)cc3[nH]2)no1. The summed E-state index contributed by atoms with van der Waals surface area (Å²) in [6.45, 7) is 6.82. The zero-order valence-corrected chi connectivity index (χ0v) is 14.8. The van der Waals surface area contributed by atoms with Crippen LogP contribution in [0.4, 0.5) is 0 Å². The Labute approximate surface area is 146 Å². The second-order valence-corrected chi connectivity index (χ2v) is 6.78. The van der Waals surface area contributed by atoms with E-state index in [1.165, 1.54) is 11.1 Å². The van der Waals surface area contributed by atoms with E-state index < -0.39 is 0 Å². The van der Waals surface area contributed by atoms with E-state index >= 15 is 0 Å². The van der Waals surface area contributed by atoms with Crippen molar-refractivity contribution in [3.8, 4) is 0 Å². The van der Waals surface area contributed by atoms with Gasteiger partial charge >= 0.3 is 0 Å². The van der Waals surface area contributed by atoms with Crippen LogP contribution >= 0.6 is 0 Å². The molecule has 1 saturated heterocycles. The van der Waals surface area contributed by atoms with E-state index in [9.17, 15) is 4.79 Å². The molecule has 1 aromatic carbocycles. The molecule has 0 aliphatic carbocycles. The van der Waals surface area contributed by atoms with Crippen molar-refractivity contribution < 1.29 is 9.32 Å². The highest BCUT2D eigenvalue weighted by Crippen LogP contribution is 2.32. The number of amides is 1. The lowest BCUT2D eigenvalue weighted by atomic mass is 10.1. The van der Waals surface area contributed by atoms with E-state index in [0.717, 1.165) is 23.7 Å². The van der Waals surface area contributed by atoms with Crippen LogP contribution in [-0.2, 0) is 6.42 Å². The number of nitrogens with one attached hydrogen (secondary N) is 1. The van der Waals surface area contributed by atoms with Crippen LogP contribution in [0.15, 0.2) is 22.7 Å². The molecule has 6 heteroatoms. The van der Waals surface area contributed by atoms with Gasteiger partial charge in [-0.15, -0.1) is 0 Å². The van der Waals surface area contributed by atoms with Gasteiger partial charge in [0, 0.05) is 23.9 Å². The lowest BCUT2D eigenvalue weighted by molar-refractivity contribution is 0.0723. The summed E-state index contributed by atoms with van der Waals surface area (Å²) >= 11 is 0. The van der Waals surface area contributed by atoms with Crippen LogP contribution in [0.5, 0.6) is 0 Å². The van der Waals surface area contributed by atoms with Gasteiger partial charge in [0.1, 0.15) is 5.69 Å². The van der Waals surface area contributed by atoms with E-state index in [1.807, 2.05) is 17.9 Å². The quantitative estimate of drug-likeness (QED) is 0.790. The molecule has 0 saturated carbocycles. The number of carbonyl (C=O) groups is 1. The summed E-state index contributed by atoms with van der Waals surface area (Å²) < 4.78 is 5.23. The molecule has 0 radical (unpaired) electrons. The Morgan fingerprint density at radius 1 is 1.36 bits per heavy atom. The minimum atomic E-state index is -0.106. The first-order valence-electron chi connectivity index (χ1n) is 8.80. The first-order valence-corrected chi connectivity index (χ1v) is 8.80. The molecule has 4 rings (SSSR count). The molecule has 1 aliphatic rings. The monoisotopic (exact) mass is 338 g/mol. The molecule has 1 amide bonds. The van der Waals surface area contributed by atoms with Gasteiger partial charge in [0.2, 0.25) is 5.89 Å². The third kappa shape index (κ3) is 2.71. The first kappa shape index (κ1) is 15.9. The van der Waals surface area contributed by atoms with Crippen LogP contribution in [0.3, 0.4) is 0 Å². The first-order chi connectivity index (χ1) is 12.1. The highest BCUT2D eigenvalue weighted by atomic mass is 16.5. The predicted molar refractivity (Wildman–Crippen MR) is 94.5 cm³/mol. The van der Waals surface area contributed by atoms with Gasteiger partial charge in [-0.05, 0) is 49.9 Å². The molecule has 0 spiro atoms. The molecular weight excluding hydrogens is 316 g/mol. The largest absolute Gasteiger partial charge is 0.351 e. The van der Waals surface area contributed by atoms with Gasteiger partial charge in [-0.25, -0.2) is 0 Å². The fourth-order valence-corrected chi connectivity index (χ4v) is 3.69. The molecule has 3 heterocycles. The van der Waals surface area contributed by atoms with Crippen LogP contribution in [-0.4, -0.2) is 32.5 Å². The number of rotatable bonds is 3. The number of aromatic nitrogens is 3. The van der Waals surface area contributed by atoms with E-state index in [0.29, 0.717) is 30.4 Å². The summed E-state index contributed by atoms with van der Waals surface area (Å²) in [7, 11) is 0. The Hall–Kier alpha value is -2.63. The predicted octanol–water partition coefficient (Wildman–Crippen LogP) is 3.71. The zero-order valence-electron chi connectivity index (χ0n) is 14.8. The Bertz CT molecular complexity index is 940. The van der Waals surface area contributed by atoms with Gasteiger partial charge in [-0.3, -0.25) is 4.79 Å². The average molecular weight is 338 g/mol. The molecule has 1 atom stereocenters. The topological polar surface area (TPSA) is 75.0 Å². The summed E-state index contributed by atoms with van der Waals surface area (Å²) in [6.07, 6.45) is 2.52. The molecule has 25 heavy (non-hydrogen) atoms. The second-order valence-electron chi connectivity index (χ2n) is 6.78. The van der Waals surface area contributed by atoms with E-state index in [4.69, 9.17) is 4.52 Å². The van der Waals surface area contributed by atoms with Crippen LogP contribution in [0.1, 0.15) is 59.1 Å². The molecule has 1 N–H and O–H groups in total. The van der Waals surface area contributed by atoms with Crippen LogP contribution in [0, 0.1) is 13.8 Å². The van der Waals surface area contributed by atoms with Crippen LogP contribution in [0.25, 0.3) is 10.9 Å². The van der Waals surface area contributed by atoms with Crippen LogP contribution in [0.2, 0.25) is 0 Å². The smallest absolute Gasteiger partial charge is 0.270 e. The number of nitrogens with zero attached hydrogens (tertiary/aromatic N) is 3. The van der Waals surface area contributed by atoms with Gasteiger partial charge in [0.05, 0.1) is 6.04 Å². The highest BCUT2D eigenvalue weighted by molar-refractivity contribution is 5.99. The van der Waals surface area contributed by atoms with Crippen molar-refractivity contribution in [3.63, 3.8) is 0 Å². The Kier molecular flexibility index (Phi) is 3.82. The zero-order chi connectivity index (χ0) is 17.6. The molecule has 1 fully saturated rings. The Morgan fingerprint density at radius 2 is 2.20 bits per heavy atom. The van der Waals surface area contributed by atoms with E-state index in [-0.39, 0.29) is 11.9 Å². The summed E-state index contributed by atoms with van der Waals surface area (Å²) in [6, 6.07) is 6.06. The van der Waals surface area contributed by atoms with Gasteiger partial charge in [-0.1, -0.05) is 18.1 Å². The maximum absolute atomic E-state index is 13.1. The number of hydrogen-bond acceptors (Lipinski definition) is 4. The molecule has 1 aliphatic heterocycles. The molecule has 0 unspecified atom stereocenters. The van der Waals surface area contributed by atoms with E-state index in [2.05, 4.69) is 41.1 Å². The number of aromatic amines is 1. The van der Waals surface area contributed by atoms with Crippen molar-refractivity contribution in [3.05, 3.63) is 46.7 Å². The maximum atomic E-state index is 13.1. The van der Waals surface area contributed by atoms with Crippen molar-refractivity contribution in [1.29, 1.82) is 0 Å². The van der Waals surface area contributed by atoms with Gasteiger partial charge < -0.3 is 14.4 Å². The minimum Gasteiger partial charge on any atom is -0.351 e. The lowest BCUT2D eigenvalue weighted by Gasteiger charge is -2.21. The van der Waals surface area contributed by atoms with E-state index in [1.54, 1.807) is 0 Å². The normalized spacial score (nSPS) is 17.6. The standard InChI is InChI=1S/C19H22N4O2/c1-4-17-21-18(22-25-17)16-6-5-7-23(16)19(24)15-10-13-12(3)8-11(2)9-14(13)20-15/h8-10,16,20H,4-7H2,1-3H3/t16-/m1/s1. The molecule has 0 bridgehead atoms. The van der Waals surface area contributed by atoms with Crippen molar-refractivity contribution >= 4 is 16.8 Å². The number of benzene rings is 1. The van der Waals surface area contributed by atoms with Crippen molar-refractivity contribution in [2.75, 3.05) is 6.54 Å². The third-order valence-electron chi connectivity index (χ3n) is 4.92. The summed E-state index contributed by atoms with van der Waals surface area (Å²) in [4.78, 5) is 22.7. The molecule has 3 aromatic rings. The van der Waals surface area contributed by atoms with Crippen molar-refractivity contribution in [2.24, 2.45) is 0 Å². The summed E-state index contributed by atoms with van der Waals surface area (Å²) in [5.41, 5.74) is 3.98. The minimum absolute atomic E-state index is 0.00129. The molecule has 6 nitrogen and oxygen atoms in total. The highest BCUT2D eigenvalue weighted by Gasteiger charge is 2.34. The van der Waals surface area contributed by atoms with Crippen LogP contribution < -0.4 is 0 Å². The van der Waals surface area contributed by atoms with Gasteiger partial charge in [-0.2, -0.15) is 4.98 Å². The Morgan fingerprint density at radius 3 is 2.96 bits per heavy atom. The number of likely N-dealkylation sites (tertiary alicyclic amines) is 1. The van der Waals surface area contributed by atoms with Gasteiger partial charge in [0.25, 0.3) is 5.91 Å². The maximum Gasteiger partial charge on any atom is 0.270 e. The van der Waals surface area contributed by atoms with Crippen molar-refractivity contribution in [2.45, 2.75) is 46.1 Å². The van der Waals surface area contributed by atoms with Crippen molar-refractivity contribution in [1.82, 2.24) is 20.0 Å². The number of H-pyrrole nitrogens is 1. The fraction of sp³-hybridized carbons (Fsp3) is 0.421. The fourth-order valence-electron chi connectivity index (χ4n) is 3.69. The number of fused-ring (bicyclic) bond motifs is 1. The molecule has 2 aromatic heterocycles. The average Bonchev–Trinajstić information content (AvgIpc) is 3.31. The third-order valence-corrected chi connectivity index (χ3v) is 4.92.